The molecule has 1 aliphatic carbocycles. The third kappa shape index (κ3) is 5.31. The Morgan fingerprint density at radius 2 is 1.74 bits per heavy atom. The molecule has 1 saturated heterocycles. The second-order valence-electron chi connectivity index (χ2n) is 9.36. The van der Waals surface area contributed by atoms with E-state index in [1.165, 1.54) is 29.3 Å². The Labute approximate surface area is 205 Å². The minimum atomic E-state index is -4.74. The first-order chi connectivity index (χ1) is 16.6. The first kappa shape index (κ1) is 23.7. The number of alkyl halides is 3. The molecule has 0 spiro atoms. The fraction of sp³-hybridized carbons (Fsp3) is 0.522. The van der Waals surface area contributed by atoms with Gasteiger partial charge in [-0.15, -0.1) is 18.3 Å². The fourth-order valence-electron chi connectivity index (χ4n) is 4.88. The van der Waals surface area contributed by atoms with Crippen molar-refractivity contribution in [3.63, 3.8) is 0 Å². The molecular weight excluding hydrogens is 481 g/mol. The Morgan fingerprint density at radius 3 is 2.31 bits per heavy atom. The molecule has 0 radical (unpaired) electrons. The molecule has 1 N–H and O–H groups in total. The number of halogens is 3. The van der Waals surface area contributed by atoms with Gasteiger partial charge in [-0.2, -0.15) is 9.36 Å². The highest BCUT2D eigenvalue weighted by atomic mass is 32.1. The largest absolute Gasteiger partial charge is 0.573 e. The number of rotatable bonds is 7. The number of aryl methyl sites for hydroxylation is 1. The molecule has 3 heterocycles. The van der Waals surface area contributed by atoms with Crippen molar-refractivity contribution >= 4 is 22.5 Å². The number of hydrogen-bond acceptors (Lipinski definition) is 8. The number of hydrogen-bond donors (Lipinski definition) is 1. The van der Waals surface area contributed by atoms with E-state index in [1.54, 1.807) is 16.2 Å². The van der Waals surface area contributed by atoms with Crippen LogP contribution in [0.1, 0.15) is 38.4 Å². The maximum atomic E-state index is 12.4. The summed E-state index contributed by atoms with van der Waals surface area (Å²) in [7, 11) is 0. The van der Waals surface area contributed by atoms with E-state index >= 15 is 0 Å². The van der Waals surface area contributed by atoms with E-state index in [9.17, 15) is 13.2 Å². The van der Waals surface area contributed by atoms with Crippen molar-refractivity contribution in [2.24, 2.45) is 11.8 Å². The lowest BCUT2D eigenvalue weighted by atomic mass is 9.92. The van der Waals surface area contributed by atoms with Crippen LogP contribution in [0.4, 0.5) is 24.1 Å². The van der Waals surface area contributed by atoms with Gasteiger partial charge in [-0.25, -0.2) is 4.68 Å². The van der Waals surface area contributed by atoms with Crippen LogP contribution in [-0.4, -0.2) is 44.6 Å². The van der Waals surface area contributed by atoms with Gasteiger partial charge in [0.1, 0.15) is 16.5 Å². The Morgan fingerprint density at radius 1 is 1.09 bits per heavy atom. The lowest BCUT2D eigenvalue weighted by molar-refractivity contribution is -0.274. The average molecular weight is 509 g/mol. The van der Waals surface area contributed by atoms with E-state index < -0.39 is 6.36 Å². The number of piperidine rings is 1. The van der Waals surface area contributed by atoms with Gasteiger partial charge in [0.05, 0.1) is 11.7 Å². The van der Waals surface area contributed by atoms with Gasteiger partial charge in [0.2, 0.25) is 5.95 Å². The van der Waals surface area contributed by atoms with Crippen LogP contribution in [-0.2, 0) is 0 Å². The predicted molar refractivity (Wildman–Crippen MR) is 126 cm³/mol. The van der Waals surface area contributed by atoms with Crippen molar-refractivity contribution in [3.05, 3.63) is 36.0 Å². The number of aromatic nitrogens is 4. The second-order valence-corrected chi connectivity index (χ2v) is 10.1. The lowest BCUT2D eigenvalue weighted by Crippen LogP contribution is -2.48. The fourth-order valence-corrected chi connectivity index (χ4v) is 5.66. The van der Waals surface area contributed by atoms with Gasteiger partial charge in [-0.1, -0.05) is 0 Å². The zero-order valence-electron chi connectivity index (χ0n) is 19.6. The third-order valence-corrected chi connectivity index (χ3v) is 7.35. The molecule has 5 rings (SSSR count). The quantitative estimate of drug-likeness (QED) is 0.442. The van der Waals surface area contributed by atoms with Crippen LogP contribution in [0.5, 0.6) is 17.5 Å². The van der Waals surface area contributed by atoms with Crippen molar-refractivity contribution < 1.29 is 22.6 Å². The molecule has 1 aromatic carbocycles. The smallest absolute Gasteiger partial charge is 0.424 e. The lowest BCUT2D eigenvalue weighted by Gasteiger charge is -2.38. The molecule has 1 saturated carbocycles. The molecule has 8 nitrogen and oxygen atoms in total. The topological polar surface area (TPSA) is 77.3 Å². The van der Waals surface area contributed by atoms with Crippen LogP contribution in [0.3, 0.4) is 0 Å². The molecule has 2 fully saturated rings. The maximum absolute atomic E-state index is 12.4. The van der Waals surface area contributed by atoms with Gasteiger partial charge in [0.15, 0.2) is 0 Å². The van der Waals surface area contributed by atoms with Gasteiger partial charge < -0.3 is 19.7 Å². The number of anilines is 2. The molecule has 3 aromatic rings. The Balaban J connectivity index is 1.28. The zero-order chi connectivity index (χ0) is 24.7. The van der Waals surface area contributed by atoms with Crippen LogP contribution in [0.15, 0.2) is 30.3 Å². The maximum Gasteiger partial charge on any atom is 0.573 e. The highest BCUT2D eigenvalue weighted by Gasteiger charge is 2.43. The number of ether oxygens (including phenoxy) is 2. The molecule has 2 bridgehead atoms. The van der Waals surface area contributed by atoms with Gasteiger partial charge in [0.25, 0.3) is 0 Å². The van der Waals surface area contributed by atoms with Crippen LogP contribution >= 0.6 is 11.5 Å². The van der Waals surface area contributed by atoms with E-state index in [4.69, 9.17) is 4.74 Å². The van der Waals surface area contributed by atoms with E-state index in [0.717, 1.165) is 31.6 Å². The molecule has 1 unspecified atom stereocenters. The number of benzene rings is 1. The van der Waals surface area contributed by atoms with E-state index in [0.29, 0.717) is 23.5 Å². The van der Waals surface area contributed by atoms with Crippen LogP contribution in [0.2, 0.25) is 0 Å². The highest BCUT2D eigenvalue weighted by molar-refractivity contribution is 7.10. The summed E-state index contributed by atoms with van der Waals surface area (Å²) < 4.78 is 53.1. The summed E-state index contributed by atoms with van der Waals surface area (Å²) in [6.45, 7) is 7.88. The average Bonchev–Trinajstić information content (AvgIpc) is 3.45. The minimum Gasteiger partial charge on any atom is -0.424 e. The monoisotopic (exact) mass is 508 g/mol. The highest BCUT2D eigenvalue weighted by Crippen LogP contribution is 2.41. The van der Waals surface area contributed by atoms with Gasteiger partial charge in [0, 0.05) is 19.1 Å². The van der Waals surface area contributed by atoms with Crippen molar-refractivity contribution in [1.29, 1.82) is 0 Å². The molecule has 35 heavy (non-hydrogen) atoms. The predicted octanol–water partition coefficient (Wildman–Crippen LogP) is 5.64. The van der Waals surface area contributed by atoms with Crippen LogP contribution < -0.4 is 19.7 Å². The Bertz CT molecular complexity index is 1150. The van der Waals surface area contributed by atoms with Crippen molar-refractivity contribution in [1.82, 2.24) is 19.1 Å². The number of fused-ring (bicyclic) bond motifs is 2. The molecule has 1 aliphatic heterocycles. The first-order valence-corrected chi connectivity index (χ1v) is 12.4. The molecule has 188 valence electrons. The van der Waals surface area contributed by atoms with Gasteiger partial charge in [-0.05, 0) is 87.3 Å². The van der Waals surface area contributed by atoms with E-state index in [-0.39, 0.29) is 23.8 Å². The summed E-state index contributed by atoms with van der Waals surface area (Å²) in [5.74, 6) is 1.48. The van der Waals surface area contributed by atoms with Crippen molar-refractivity contribution in [3.8, 4) is 17.5 Å². The molecule has 3 atom stereocenters. The normalized spacial score (nSPS) is 22.0. The summed E-state index contributed by atoms with van der Waals surface area (Å²) in [5.41, 5.74) is 1.05. The minimum absolute atomic E-state index is 0.0194. The second kappa shape index (κ2) is 9.21. The van der Waals surface area contributed by atoms with Crippen molar-refractivity contribution in [2.45, 2.75) is 52.1 Å². The zero-order valence-corrected chi connectivity index (χ0v) is 20.4. The number of nitrogens with zero attached hydrogens (tertiary/aromatic N) is 5. The van der Waals surface area contributed by atoms with Crippen LogP contribution in [0.25, 0.3) is 0 Å². The number of nitrogens with one attached hydrogen (secondary N) is 1. The standard InChI is InChI=1S/C23H27F3N6O2S/c1-13(2)32-22(33-17-6-8-18(9-7-17)34-23(24,25)26)28-21(29-32)27-20-15-4-5-16(20)12-31(11-15)19-10-14(3)30-35-19/h6-10,13,15-16,20H,4-5,11-12H2,1-3H3,(H,27,29)/t15-,16+,20?. The summed E-state index contributed by atoms with van der Waals surface area (Å²) in [6.07, 6.45) is -2.44. The van der Waals surface area contributed by atoms with Crippen molar-refractivity contribution in [2.75, 3.05) is 23.3 Å². The van der Waals surface area contributed by atoms with E-state index in [1.807, 2.05) is 20.8 Å². The molecule has 0 amide bonds. The van der Waals surface area contributed by atoms with Crippen LogP contribution in [0, 0.1) is 18.8 Å². The molecule has 2 aromatic heterocycles. The molecular formula is C23H27F3N6O2S. The Kier molecular flexibility index (Phi) is 6.24. The van der Waals surface area contributed by atoms with Gasteiger partial charge >= 0.3 is 12.4 Å². The van der Waals surface area contributed by atoms with E-state index in [2.05, 4.69) is 35.5 Å². The summed E-state index contributed by atoms with van der Waals surface area (Å²) >= 11 is 1.55. The third-order valence-electron chi connectivity index (χ3n) is 6.41. The summed E-state index contributed by atoms with van der Waals surface area (Å²) in [6, 6.07) is 7.90. The summed E-state index contributed by atoms with van der Waals surface area (Å²) in [4.78, 5) is 7.00. The molecule has 2 aliphatic rings. The SMILES string of the molecule is Cc1cc(N2C[C@H]3CC[C@@H](C2)C3Nc2nc(Oc3ccc(OC(F)(F)F)cc3)n(C(C)C)n2)sn1. The first-order valence-electron chi connectivity index (χ1n) is 11.6. The summed E-state index contributed by atoms with van der Waals surface area (Å²) in [5, 5.41) is 9.39. The Hall–Kier alpha value is -3.02. The van der Waals surface area contributed by atoms with Gasteiger partial charge in [-0.3, -0.25) is 0 Å². The molecule has 12 heteroatoms.